The van der Waals surface area contributed by atoms with Gasteiger partial charge in [-0.1, -0.05) is 12.1 Å². The molecule has 5 N–H and O–H groups in total. The monoisotopic (exact) mass is 229 g/mol. The zero-order chi connectivity index (χ0) is 11.3. The molecule has 1 unspecified atom stereocenters. The van der Waals surface area contributed by atoms with E-state index in [9.17, 15) is 9.67 Å². The second-order valence-corrected chi connectivity index (χ2v) is 5.89. The molecule has 1 aliphatic rings. The first-order valence-corrected chi connectivity index (χ1v) is 6.09. The number of aromatic hydroxyl groups is 1. The Kier molecular flexibility index (Phi) is 2.17. The molecule has 0 aliphatic heterocycles. The minimum atomic E-state index is -4.36. The van der Waals surface area contributed by atoms with Gasteiger partial charge in [-0.25, -0.2) is 0 Å². The molecule has 1 aromatic rings. The lowest BCUT2D eigenvalue weighted by molar-refractivity contribution is 0.326. The molecule has 0 saturated heterocycles. The summed E-state index contributed by atoms with van der Waals surface area (Å²) >= 11 is 0. The molecule has 0 bridgehead atoms. The minimum Gasteiger partial charge on any atom is -0.508 e. The van der Waals surface area contributed by atoms with Gasteiger partial charge in [0.1, 0.15) is 11.0 Å². The summed E-state index contributed by atoms with van der Waals surface area (Å²) in [5.41, 5.74) is 6.93. The largest absolute Gasteiger partial charge is 0.508 e. The van der Waals surface area contributed by atoms with Gasteiger partial charge in [0.05, 0.1) is 0 Å². The van der Waals surface area contributed by atoms with Gasteiger partial charge in [0.25, 0.3) is 0 Å². The van der Waals surface area contributed by atoms with Crippen LogP contribution >= 0.6 is 7.60 Å². The van der Waals surface area contributed by atoms with Crippen LogP contribution in [0.1, 0.15) is 11.1 Å². The predicted molar refractivity (Wildman–Crippen MR) is 54.5 cm³/mol. The van der Waals surface area contributed by atoms with Crippen molar-refractivity contribution >= 4 is 7.60 Å². The van der Waals surface area contributed by atoms with Crippen LogP contribution in [0.25, 0.3) is 0 Å². The Balaban J connectivity index is 2.46. The normalized spacial score (nSPS) is 25.3. The van der Waals surface area contributed by atoms with E-state index in [1.54, 1.807) is 12.1 Å². The first-order valence-electron chi connectivity index (χ1n) is 4.48. The number of hydrogen-bond donors (Lipinski definition) is 4. The molecule has 0 amide bonds. The smallest absolute Gasteiger partial charge is 0.345 e. The van der Waals surface area contributed by atoms with Gasteiger partial charge in [-0.15, -0.1) is 0 Å². The van der Waals surface area contributed by atoms with Gasteiger partial charge in [-0.2, -0.15) is 0 Å². The third-order valence-corrected chi connectivity index (χ3v) is 4.28. The average molecular weight is 229 g/mol. The van der Waals surface area contributed by atoms with E-state index >= 15 is 0 Å². The van der Waals surface area contributed by atoms with Crippen molar-refractivity contribution in [3.05, 3.63) is 29.3 Å². The Bertz CT molecular complexity index is 455. The third kappa shape index (κ3) is 1.58. The zero-order valence-electron chi connectivity index (χ0n) is 7.92. The Morgan fingerprint density at radius 1 is 1.33 bits per heavy atom. The summed E-state index contributed by atoms with van der Waals surface area (Å²) in [7, 11) is -4.36. The quantitative estimate of drug-likeness (QED) is 0.519. The molecule has 1 atom stereocenters. The van der Waals surface area contributed by atoms with Crippen molar-refractivity contribution in [2.24, 2.45) is 5.73 Å². The van der Waals surface area contributed by atoms with E-state index in [-0.39, 0.29) is 18.6 Å². The molecule has 0 saturated carbocycles. The van der Waals surface area contributed by atoms with E-state index in [1.807, 2.05) is 0 Å². The Hall–Kier alpha value is -0.870. The van der Waals surface area contributed by atoms with Crippen molar-refractivity contribution in [1.29, 1.82) is 0 Å². The van der Waals surface area contributed by atoms with E-state index in [1.165, 1.54) is 6.07 Å². The summed E-state index contributed by atoms with van der Waals surface area (Å²) in [4.78, 5) is 18.3. The molecule has 0 fully saturated rings. The number of phenols is 1. The Morgan fingerprint density at radius 2 is 2.00 bits per heavy atom. The summed E-state index contributed by atoms with van der Waals surface area (Å²) in [6.45, 7) is 0. The molecule has 15 heavy (non-hydrogen) atoms. The van der Waals surface area contributed by atoms with Gasteiger partial charge in [-0.3, -0.25) is 4.57 Å². The van der Waals surface area contributed by atoms with E-state index in [0.29, 0.717) is 11.1 Å². The van der Waals surface area contributed by atoms with Crippen molar-refractivity contribution in [2.75, 3.05) is 0 Å². The second-order valence-electron chi connectivity index (χ2n) is 3.92. The lowest BCUT2D eigenvalue weighted by Gasteiger charge is -2.24. The van der Waals surface area contributed by atoms with Gasteiger partial charge in [0, 0.05) is 12.8 Å². The third-order valence-electron chi connectivity index (χ3n) is 2.81. The highest BCUT2D eigenvalue weighted by molar-refractivity contribution is 7.53. The molecule has 2 rings (SSSR count). The summed E-state index contributed by atoms with van der Waals surface area (Å²) < 4.78 is 11.2. The van der Waals surface area contributed by atoms with Gasteiger partial charge >= 0.3 is 7.60 Å². The van der Waals surface area contributed by atoms with Crippen LogP contribution in [0.3, 0.4) is 0 Å². The minimum absolute atomic E-state index is 0.0132. The second kappa shape index (κ2) is 3.06. The molecular formula is C9H12NO4P. The standard InChI is InChI=1S/C9H12NO4P/c10-9(15(12,13)14)4-6-2-1-3-8(11)7(6)5-9/h1-3,11H,4-5,10H2,(H2,12,13,14). The van der Waals surface area contributed by atoms with Gasteiger partial charge in [0.2, 0.25) is 0 Å². The van der Waals surface area contributed by atoms with Crippen LogP contribution in [0.15, 0.2) is 18.2 Å². The fourth-order valence-corrected chi connectivity index (χ4v) is 2.64. The number of hydrogen-bond acceptors (Lipinski definition) is 3. The Morgan fingerprint density at radius 3 is 2.53 bits per heavy atom. The fourth-order valence-electron chi connectivity index (χ4n) is 1.90. The number of benzene rings is 1. The lowest BCUT2D eigenvalue weighted by Crippen LogP contribution is -2.40. The Labute approximate surface area is 86.7 Å². The van der Waals surface area contributed by atoms with Gasteiger partial charge < -0.3 is 20.6 Å². The molecule has 82 valence electrons. The SMILES string of the molecule is NC1(P(=O)(O)O)Cc2cccc(O)c2C1. The molecule has 0 radical (unpaired) electrons. The maximum absolute atomic E-state index is 11.2. The summed E-state index contributed by atoms with van der Waals surface area (Å²) in [6.07, 6.45) is 0.111. The van der Waals surface area contributed by atoms with Crippen molar-refractivity contribution in [1.82, 2.24) is 0 Å². The van der Waals surface area contributed by atoms with Crippen molar-refractivity contribution < 1.29 is 19.5 Å². The maximum atomic E-state index is 11.2. The number of phenolic OH excluding ortho intramolecular Hbond substituents is 1. The highest BCUT2D eigenvalue weighted by Gasteiger charge is 2.48. The first kappa shape index (κ1) is 10.6. The van der Waals surface area contributed by atoms with E-state index in [0.717, 1.165) is 0 Å². The van der Waals surface area contributed by atoms with Crippen LogP contribution in [0.2, 0.25) is 0 Å². The molecule has 1 aliphatic carbocycles. The maximum Gasteiger partial charge on any atom is 0.345 e. The fraction of sp³-hybridized carbons (Fsp3) is 0.333. The molecule has 1 aromatic carbocycles. The summed E-state index contributed by atoms with van der Waals surface area (Å²) in [5, 5.41) is 7.96. The topological polar surface area (TPSA) is 104 Å². The van der Waals surface area contributed by atoms with Gasteiger partial charge in [0.15, 0.2) is 0 Å². The van der Waals surface area contributed by atoms with Crippen molar-refractivity contribution in [3.63, 3.8) is 0 Å². The summed E-state index contributed by atoms with van der Waals surface area (Å²) in [5.74, 6) is 0.0493. The molecule has 0 spiro atoms. The van der Waals surface area contributed by atoms with Gasteiger partial charge in [-0.05, 0) is 17.2 Å². The molecule has 6 heteroatoms. The van der Waals surface area contributed by atoms with Crippen LogP contribution < -0.4 is 5.73 Å². The van der Waals surface area contributed by atoms with E-state index in [2.05, 4.69) is 0 Å². The van der Waals surface area contributed by atoms with Crippen LogP contribution in [0.5, 0.6) is 5.75 Å². The highest BCUT2D eigenvalue weighted by atomic mass is 31.2. The molecule has 5 nitrogen and oxygen atoms in total. The van der Waals surface area contributed by atoms with Crippen LogP contribution in [-0.2, 0) is 17.4 Å². The first-order chi connectivity index (χ1) is 6.83. The van der Waals surface area contributed by atoms with Crippen molar-refractivity contribution in [2.45, 2.75) is 18.1 Å². The average Bonchev–Trinajstić information content (AvgIpc) is 2.43. The predicted octanol–water partition coefficient (Wildman–Crippen LogP) is 0.323. The number of rotatable bonds is 1. The highest BCUT2D eigenvalue weighted by Crippen LogP contribution is 2.54. The van der Waals surface area contributed by atoms with Crippen LogP contribution in [0.4, 0.5) is 0 Å². The van der Waals surface area contributed by atoms with Crippen molar-refractivity contribution in [3.8, 4) is 5.75 Å². The van der Waals surface area contributed by atoms with E-state index in [4.69, 9.17) is 15.5 Å². The lowest BCUT2D eigenvalue weighted by atomic mass is 10.1. The van der Waals surface area contributed by atoms with Crippen LogP contribution in [0, 0.1) is 0 Å². The number of nitrogens with two attached hydrogens (primary N) is 1. The van der Waals surface area contributed by atoms with E-state index < -0.39 is 12.9 Å². The molecular weight excluding hydrogens is 217 g/mol. The molecule has 0 aromatic heterocycles. The number of fused-ring (bicyclic) bond motifs is 1. The molecule has 0 heterocycles. The summed E-state index contributed by atoms with van der Waals surface area (Å²) in [6, 6.07) is 4.85. The van der Waals surface area contributed by atoms with Crippen LogP contribution in [-0.4, -0.2) is 20.2 Å². The zero-order valence-corrected chi connectivity index (χ0v) is 8.82.